The molecule has 0 fully saturated rings. The average Bonchev–Trinajstić information content (AvgIpc) is 2.66. The normalized spacial score (nSPS) is 11.9. The Bertz CT molecular complexity index is 370. The molecule has 1 N–H and O–H groups in total. The third-order valence-electron chi connectivity index (χ3n) is 5.69. The maximum Gasteiger partial charge on any atom is 0.333 e. The van der Waals surface area contributed by atoms with E-state index in [0.717, 1.165) is 19.5 Å². The van der Waals surface area contributed by atoms with Gasteiger partial charge in [-0.3, -0.25) is 0 Å². The number of hydrogen-bond acceptors (Lipinski definition) is 2. The lowest BCUT2D eigenvalue weighted by molar-refractivity contribution is -0.922. The first-order valence-electron chi connectivity index (χ1n) is 11.7. The lowest BCUT2D eigenvalue weighted by atomic mass is 10.0. The van der Waals surface area contributed by atoms with Crippen LogP contribution in [0.5, 0.6) is 0 Å². The summed E-state index contributed by atoms with van der Waals surface area (Å²) in [4.78, 5) is 13.2. The molecule has 0 spiro atoms. The van der Waals surface area contributed by atoms with Gasteiger partial charge < -0.3 is 26.6 Å². The standard InChI is InChI=1S/C24H47NO2.BrH/c1-6-9-10-11-12-13-14-15-16-17-18-19-23(25(7-2)8-3)20-21-27-24(26)22(4)5;/h23H,4,6-21H2,1-3,5H3;1H. The maximum atomic E-state index is 11.6. The van der Waals surface area contributed by atoms with Crippen molar-refractivity contribution in [3.8, 4) is 0 Å². The molecule has 0 saturated carbocycles. The summed E-state index contributed by atoms with van der Waals surface area (Å²) in [7, 11) is 0. The average molecular weight is 463 g/mol. The van der Waals surface area contributed by atoms with E-state index in [4.69, 9.17) is 4.74 Å². The predicted molar refractivity (Wildman–Crippen MR) is 117 cm³/mol. The van der Waals surface area contributed by atoms with Crippen molar-refractivity contribution in [3.05, 3.63) is 12.2 Å². The molecule has 0 aromatic rings. The number of carbonyl (C=O) groups is 1. The fourth-order valence-electron chi connectivity index (χ4n) is 3.85. The van der Waals surface area contributed by atoms with Crippen molar-refractivity contribution in [2.24, 2.45) is 0 Å². The Balaban J connectivity index is 0. The molecule has 0 rings (SSSR count). The Hall–Kier alpha value is -0.350. The van der Waals surface area contributed by atoms with Crippen LogP contribution in [0, 0.1) is 0 Å². The molecule has 4 heteroatoms. The van der Waals surface area contributed by atoms with Crippen molar-refractivity contribution in [2.45, 2.75) is 117 Å². The highest BCUT2D eigenvalue weighted by Crippen LogP contribution is 2.13. The Morgan fingerprint density at radius 3 is 1.71 bits per heavy atom. The fourth-order valence-corrected chi connectivity index (χ4v) is 3.85. The van der Waals surface area contributed by atoms with Crippen molar-refractivity contribution < 1.29 is 31.4 Å². The van der Waals surface area contributed by atoms with Crippen LogP contribution in [-0.2, 0) is 9.53 Å². The van der Waals surface area contributed by atoms with Crippen LogP contribution in [-0.4, -0.2) is 31.7 Å². The smallest absolute Gasteiger partial charge is 0.333 e. The third kappa shape index (κ3) is 16.6. The van der Waals surface area contributed by atoms with E-state index < -0.39 is 0 Å². The van der Waals surface area contributed by atoms with Crippen LogP contribution in [0.4, 0.5) is 0 Å². The predicted octanol–water partition coefficient (Wildman–Crippen LogP) is 2.49. The van der Waals surface area contributed by atoms with Crippen molar-refractivity contribution in [1.29, 1.82) is 0 Å². The molecule has 28 heavy (non-hydrogen) atoms. The highest BCUT2D eigenvalue weighted by Gasteiger charge is 2.19. The van der Waals surface area contributed by atoms with Gasteiger partial charge in [0.15, 0.2) is 0 Å². The van der Waals surface area contributed by atoms with Gasteiger partial charge in [-0.2, -0.15) is 0 Å². The first-order valence-corrected chi connectivity index (χ1v) is 11.7. The van der Waals surface area contributed by atoms with E-state index in [0.29, 0.717) is 18.2 Å². The van der Waals surface area contributed by atoms with Gasteiger partial charge in [0, 0.05) is 12.0 Å². The monoisotopic (exact) mass is 461 g/mol. The highest BCUT2D eigenvalue weighted by molar-refractivity contribution is 5.86. The molecule has 0 saturated heterocycles. The zero-order valence-corrected chi connectivity index (χ0v) is 20.9. The zero-order chi connectivity index (χ0) is 20.3. The molecular formula is C24H48BrNO2. The lowest BCUT2D eigenvalue weighted by Crippen LogP contribution is -3.15. The summed E-state index contributed by atoms with van der Waals surface area (Å²) in [6.07, 6.45) is 17.5. The number of hydrogen-bond donors (Lipinski definition) is 1. The molecule has 0 aromatic carbocycles. The molecule has 0 radical (unpaired) electrons. The third-order valence-corrected chi connectivity index (χ3v) is 5.69. The summed E-state index contributed by atoms with van der Waals surface area (Å²) in [6, 6.07) is 0.608. The molecule has 0 heterocycles. The molecule has 0 aromatic heterocycles. The number of nitrogens with one attached hydrogen (secondary N) is 1. The van der Waals surface area contributed by atoms with Crippen molar-refractivity contribution >= 4 is 5.97 Å². The second-order valence-corrected chi connectivity index (χ2v) is 8.09. The van der Waals surface area contributed by atoms with E-state index in [2.05, 4.69) is 27.4 Å². The van der Waals surface area contributed by atoms with Crippen LogP contribution in [0.1, 0.15) is 111 Å². The Morgan fingerprint density at radius 1 is 0.821 bits per heavy atom. The van der Waals surface area contributed by atoms with Crippen molar-refractivity contribution in [1.82, 2.24) is 0 Å². The van der Waals surface area contributed by atoms with Crippen LogP contribution in [0.15, 0.2) is 12.2 Å². The molecule has 3 nitrogen and oxygen atoms in total. The summed E-state index contributed by atoms with van der Waals surface area (Å²) in [5.74, 6) is -0.252. The van der Waals surface area contributed by atoms with Gasteiger partial charge in [-0.05, 0) is 33.6 Å². The molecule has 0 bridgehead atoms. The van der Waals surface area contributed by atoms with Crippen LogP contribution in [0.25, 0.3) is 0 Å². The quantitative estimate of drug-likeness (QED) is 0.182. The summed E-state index contributed by atoms with van der Waals surface area (Å²) in [5.41, 5.74) is 0.493. The topological polar surface area (TPSA) is 30.7 Å². The number of quaternary nitrogens is 1. The summed E-state index contributed by atoms with van der Waals surface area (Å²) < 4.78 is 5.33. The van der Waals surface area contributed by atoms with Crippen molar-refractivity contribution in [3.63, 3.8) is 0 Å². The Labute approximate surface area is 186 Å². The van der Waals surface area contributed by atoms with E-state index in [-0.39, 0.29) is 23.0 Å². The minimum Gasteiger partial charge on any atom is -1.00 e. The van der Waals surface area contributed by atoms with Crippen LogP contribution < -0.4 is 21.9 Å². The van der Waals surface area contributed by atoms with E-state index >= 15 is 0 Å². The van der Waals surface area contributed by atoms with E-state index in [9.17, 15) is 4.79 Å². The minimum atomic E-state index is -0.252. The molecule has 0 aliphatic carbocycles. The van der Waals surface area contributed by atoms with Gasteiger partial charge in [-0.1, -0.05) is 77.7 Å². The second kappa shape index (κ2) is 21.4. The number of halogens is 1. The van der Waals surface area contributed by atoms with Gasteiger partial charge in [-0.25, -0.2) is 4.79 Å². The second-order valence-electron chi connectivity index (χ2n) is 8.09. The van der Waals surface area contributed by atoms with Gasteiger partial charge in [0.05, 0.1) is 25.7 Å². The molecule has 1 unspecified atom stereocenters. The van der Waals surface area contributed by atoms with Crippen LogP contribution >= 0.6 is 0 Å². The molecular weight excluding hydrogens is 414 g/mol. The first kappa shape index (κ1) is 29.8. The highest BCUT2D eigenvalue weighted by atomic mass is 79.9. The van der Waals surface area contributed by atoms with E-state index in [1.54, 1.807) is 11.8 Å². The largest absolute Gasteiger partial charge is 1.00 e. The maximum absolute atomic E-state index is 11.6. The molecule has 1 atom stereocenters. The van der Waals surface area contributed by atoms with Gasteiger partial charge in [0.1, 0.15) is 0 Å². The molecule has 0 aliphatic rings. The minimum absolute atomic E-state index is 0. The van der Waals surface area contributed by atoms with Crippen molar-refractivity contribution in [2.75, 3.05) is 19.7 Å². The van der Waals surface area contributed by atoms with Gasteiger partial charge in [-0.15, -0.1) is 0 Å². The number of rotatable bonds is 19. The van der Waals surface area contributed by atoms with Gasteiger partial charge in [0.2, 0.25) is 0 Å². The summed E-state index contributed by atoms with van der Waals surface area (Å²) in [6.45, 7) is 15.0. The van der Waals surface area contributed by atoms with Crippen LogP contribution in [0.3, 0.4) is 0 Å². The van der Waals surface area contributed by atoms with E-state index in [1.165, 1.54) is 77.0 Å². The summed E-state index contributed by atoms with van der Waals surface area (Å²) in [5, 5.41) is 0. The first-order chi connectivity index (χ1) is 13.1. The Kier molecular flexibility index (Phi) is 22.8. The molecule has 0 amide bonds. The fraction of sp³-hybridized carbons (Fsp3) is 0.875. The van der Waals surface area contributed by atoms with E-state index in [1.807, 2.05) is 0 Å². The number of ether oxygens (including phenoxy) is 1. The SMILES string of the molecule is C=C(C)C(=O)OCCC(CCCCCCCCCCCCC)[NH+](CC)CC.[Br-]. The number of unbranched alkanes of at least 4 members (excludes halogenated alkanes) is 10. The van der Waals surface area contributed by atoms with Gasteiger partial charge >= 0.3 is 5.97 Å². The zero-order valence-electron chi connectivity index (χ0n) is 19.3. The molecule has 168 valence electrons. The van der Waals surface area contributed by atoms with Crippen LogP contribution in [0.2, 0.25) is 0 Å². The Morgan fingerprint density at radius 2 is 1.29 bits per heavy atom. The molecule has 0 aliphatic heterocycles. The number of esters is 1. The van der Waals surface area contributed by atoms with Gasteiger partial charge in [0.25, 0.3) is 0 Å². The number of carbonyl (C=O) groups excluding carboxylic acids is 1. The lowest BCUT2D eigenvalue weighted by Gasteiger charge is -2.26. The summed E-state index contributed by atoms with van der Waals surface area (Å²) >= 11 is 0.